The topological polar surface area (TPSA) is 85.9 Å². The van der Waals surface area contributed by atoms with Crippen LogP contribution in [0, 0.1) is 0 Å². The molecule has 0 bridgehead atoms. The summed E-state index contributed by atoms with van der Waals surface area (Å²) in [6.07, 6.45) is 2.70. The van der Waals surface area contributed by atoms with E-state index in [0.29, 0.717) is 30.4 Å². The summed E-state index contributed by atoms with van der Waals surface area (Å²) in [4.78, 5) is 12.0. The van der Waals surface area contributed by atoms with E-state index in [1.54, 1.807) is 18.3 Å². The average Bonchev–Trinajstić information content (AvgIpc) is 2.63. The highest BCUT2D eigenvalue weighted by Crippen LogP contribution is 2.36. The van der Waals surface area contributed by atoms with Gasteiger partial charge in [0.2, 0.25) is 5.91 Å². The summed E-state index contributed by atoms with van der Waals surface area (Å²) in [5, 5.41) is 4.02. The Morgan fingerprint density at radius 3 is 2.63 bits per heavy atom. The van der Waals surface area contributed by atoms with Gasteiger partial charge in [-0.1, -0.05) is 19.1 Å². The second-order valence-electron chi connectivity index (χ2n) is 5.82. The summed E-state index contributed by atoms with van der Waals surface area (Å²) in [5.41, 5.74) is 10.5. The van der Waals surface area contributed by atoms with E-state index in [0.717, 1.165) is 22.0 Å². The molecule has 144 valence electrons. The highest BCUT2D eigenvalue weighted by molar-refractivity contribution is 9.10. The minimum Gasteiger partial charge on any atom is -0.490 e. The molecule has 7 heteroatoms. The summed E-state index contributed by atoms with van der Waals surface area (Å²) in [6, 6.07) is 10.9. The first-order chi connectivity index (χ1) is 13.0. The van der Waals surface area contributed by atoms with Gasteiger partial charge in [-0.05, 0) is 64.7 Å². The van der Waals surface area contributed by atoms with Gasteiger partial charge in [0.05, 0.1) is 30.3 Å². The number of nitrogens with zero attached hydrogens (tertiary/aromatic N) is 1. The minimum atomic E-state index is -0.206. The fourth-order valence-electron chi connectivity index (χ4n) is 2.31. The predicted molar refractivity (Wildman–Crippen MR) is 111 cm³/mol. The lowest BCUT2D eigenvalue weighted by molar-refractivity contribution is -0.120. The van der Waals surface area contributed by atoms with Crippen molar-refractivity contribution in [3.63, 3.8) is 0 Å². The molecule has 0 aliphatic rings. The van der Waals surface area contributed by atoms with Crippen LogP contribution in [0.3, 0.4) is 0 Å². The molecule has 0 atom stereocenters. The van der Waals surface area contributed by atoms with Crippen molar-refractivity contribution in [3.05, 3.63) is 52.0 Å². The van der Waals surface area contributed by atoms with Gasteiger partial charge in [-0.2, -0.15) is 5.10 Å². The molecule has 0 aliphatic carbocycles. The Kier molecular flexibility index (Phi) is 8.13. The summed E-state index contributed by atoms with van der Waals surface area (Å²) < 4.78 is 12.2. The molecule has 0 unspecified atom stereocenters. The largest absolute Gasteiger partial charge is 0.490 e. The molecule has 27 heavy (non-hydrogen) atoms. The van der Waals surface area contributed by atoms with Crippen molar-refractivity contribution in [1.29, 1.82) is 0 Å². The Morgan fingerprint density at radius 1 is 1.22 bits per heavy atom. The quantitative estimate of drug-likeness (QED) is 0.356. The van der Waals surface area contributed by atoms with Crippen molar-refractivity contribution in [2.45, 2.75) is 26.7 Å². The number of nitrogen functional groups attached to an aromatic ring is 1. The van der Waals surface area contributed by atoms with Crippen LogP contribution in [0.1, 0.15) is 31.4 Å². The number of benzene rings is 2. The molecule has 2 aromatic carbocycles. The SMILES string of the molecule is CCCOc1c(Br)cc(/C=N\NC(=O)Cc2ccc(N)cc2)cc1OCC. The van der Waals surface area contributed by atoms with E-state index >= 15 is 0 Å². The maximum Gasteiger partial charge on any atom is 0.244 e. The summed E-state index contributed by atoms with van der Waals surface area (Å²) in [5.74, 6) is 1.10. The minimum absolute atomic E-state index is 0.206. The molecule has 0 saturated heterocycles. The number of hydrogen-bond acceptors (Lipinski definition) is 5. The standard InChI is InChI=1S/C20H24BrN3O3/c1-3-9-27-20-17(21)10-15(11-18(20)26-4-2)13-23-24-19(25)12-14-5-7-16(22)8-6-14/h5-8,10-11,13H,3-4,9,12,22H2,1-2H3,(H,24,25)/b23-13-. The van der Waals surface area contributed by atoms with Crippen LogP contribution in [0.5, 0.6) is 11.5 Å². The van der Waals surface area contributed by atoms with Crippen molar-refractivity contribution in [1.82, 2.24) is 5.43 Å². The van der Waals surface area contributed by atoms with Crippen LogP contribution in [0.25, 0.3) is 0 Å². The Morgan fingerprint density at radius 2 is 1.96 bits per heavy atom. The van der Waals surface area contributed by atoms with Gasteiger partial charge in [-0.15, -0.1) is 0 Å². The van der Waals surface area contributed by atoms with Gasteiger partial charge in [0.15, 0.2) is 11.5 Å². The van der Waals surface area contributed by atoms with E-state index in [9.17, 15) is 4.79 Å². The molecule has 6 nitrogen and oxygen atoms in total. The van der Waals surface area contributed by atoms with Gasteiger partial charge in [-0.25, -0.2) is 5.43 Å². The highest BCUT2D eigenvalue weighted by Gasteiger charge is 2.11. The normalized spacial score (nSPS) is 10.8. The van der Waals surface area contributed by atoms with Crippen LogP contribution in [0.4, 0.5) is 5.69 Å². The average molecular weight is 434 g/mol. The van der Waals surface area contributed by atoms with Gasteiger partial charge in [0, 0.05) is 5.69 Å². The van der Waals surface area contributed by atoms with Crippen molar-refractivity contribution < 1.29 is 14.3 Å². The zero-order chi connectivity index (χ0) is 19.6. The predicted octanol–water partition coefficient (Wildman–Crippen LogP) is 3.91. The third-order valence-electron chi connectivity index (χ3n) is 3.53. The monoisotopic (exact) mass is 433 g/mol. The second-order valence-corrected chi connectivity index (χ2v) is 6.68. The van der Waals surface area contributed by atoms with Crippen LogP contribution in [-0.2, 0) is 11.2 Å². The number of carbonyl (C=O) groups excluding carboxylic acids is 1. The molecular formula is C20H24BrN3O3. The molecule has 0 heterocycles. The molecule has 0 spiro atoms. The van der Waals surface area contributed by atoms with E-state index in [4.69, 9.17) is 15.2 Å². The maximum absolute atomic E-state index is 12.0. The number of rotatable bonds is 9. The molecule has 0 aromatic heterocycles. The number of halogens is 1. The van der Waals surface area contributed by atoms with Crippen LogP contribution in [0.15, 0.2) is 46.0 Å². The molecular weight excluding hydrogens is 410 g/mol. The third-order valence-corrected chi connectivity index (χ3v) is 4.12. The Labute approximate surface area is 167 Å². The molecule has 2 rings (SSSR count). The smallest absolute Gasteiger partial charge is 0.244 e. The molecule has 0 aliphatic heterocycles. The maximum atomic E-state index is 12.0. The van der Waals surface area contributed by atoms with E-state index in [2.05, 4.69) is 26.5 Å². The molecule has 3 N–H and O–H groups in total. The van der Waals surface area contributed by atoms with Crippen LogP contribution in [0.2, 0.25) is 0 Å². The molecule has 0 saturated carbocycles. The van der Waals surface area contributed by atoms with Crippen molar-refractivity contribution in [3.8, 4) is 11.5 Å². The first-order valence-electron chi connectivity index (χ1n) is 8.79. The summed E-state index contributed by atoms with van der Waals surface area (Å²) in [6.45, 7) is 5.08. The highest BCUT2D eigenvalue weighted by atomic mass is 79.9. The van der Waals surface area contributed by atoms with Crippen molar-refractivity contribution in [2.75, 3.05) is 18.9 Å². The number of ether oxygens (including phenoxy) is 2. The van der Waals surface area contributed by atoms with Gasteiger partial charge >= 0.3 is 0 Å². The second kappa shape index (κ2) is 10.6. The summed E-state index contributed by atoms with van der Waals surface area (Å²) in [7, 11) is 0. The molecule has 1 amide bonds. The van der Waals surface area contributed by atoms with Gasteiger partial charge in [0.1, 0.15) is 0 Å². The number of anilines is 1. The number of hydrazone groups is 1. The number of carbonyl (C=O) groups is 1. The number of nitrogens with one attached hydrogen (secondary N) is 1. The third kappa shape index (κ3) is 6.60. The van der Waals surface area contributed by atoms with Crippen molar-refractivity contribution in [2.24, 2.45) is 5.10 Å². The molecule has 2 aromatic rings. The molecule has 0 radical (unpaired) electrons. The lowest BCUT2D eigenvalue weighted by Crippen LogP contribution is -2.19. The first-order valence-corrected chi connectivity index (χ1v) is 9.58. The van der Waals surface area contributed by atoms with Gasteiger partial charge in [-0.3, -0.25) is 4.79 Å². The van der Waals surface area contributed by atoms with Crippen LogP contribution in [-0.4, -0.2) is 25.3 Å². The van der Waals surface area contributed by atoms with Gasteiger partial charge < -0.3 is 15.2 Å². The summed E-state index contributed by atoms with van der Waals surface area (Å²) >= 11 is 3.50. The van der Waals surface area contributed by atoms with Crippen LogP contribution >= 0.6 is 15.9 Å². The van der Waals surface area contributed by atoms with E-state index in [1.165, 1.54) is 0 Å². The van der Waals surface area contributed by atoms with Gasteiger partial charge in [0.25, 0.3) is 0 Å². The number of hydrogen-bond donors (Lipinski definition) is 2. The lowest BCUT2D eigenvalue weighted by Gasteiger charge is -2.14. The first kappa shape index (κ1) is 20.8. The van der Waals surface area contributed by atoms with E-state index in [1.807, 2.05) is 38.1 Å². The fraction of sp³-hybridized carbons (Fsp3) is 0.300. The Hall–Kier alpha value is -2.54. The number of amides is 1. The van der Waals surface area contributed by atoms with Crippen molar-refractivity contribution >= 4 is 33.7 Å². The molecule has 0 fully saturated rings. The van der Waals surface area contributed by atoms with E-state index in [-0.39, 0.29) is 12.3 Å². The zero-order valence-corrected chi connectivity index (χ0v) is 17.1. The van der Waals surface area contributed by atoms with E-state index < -0.39 is 0 Å². The Bertz CT molecular complexity index is 792. The number of nitrogens with two attached hydrogens (primary N) is 1. The fourth-order valence-corrected chi connectivity index (χ4v) is 2.88. The zero-order valence-electron chi connectivity index (χ0n) is 15.5. The Balaban J connectivity index is 2.02. The van der Waals surface area contributed by atoms with Crippen LogP contribution < -0.4 is 20.6 Å². The lowest BCUT2D eigenvalue weighted by atomic mass is 10.1.